The number of ketones is 1. The molecule has 4 rings (SSSR count). The first-order valence-electron chi connectivity index (χ1n) is 10.8. The second-order valence-electron chi connectivity index (χ2n) is 8.01. The number of carbonyl (C=O) groups is 1. The van der Waals surface area contributed by atoms with Crippen molar-refractivity contribution in [3.8, 4) is 28.7 Å². The van der Waals surface area contributed by atoms with Crippen LogP contribution < -0.4 is 4.74 Å². The molecule has 0 aliphatic carbocycles. The molecule has 32 heavy (non-hydrogen) atoms. The highest BCUT2D eigenvalue weighted by molar-refractivity contribution is 7.17. The van der Waals surface area contributed by atoms with E-state index in [1.54, 1.807) is 25.2 Å². The number of ether oxygens (including phenoxy) is 1. The minimum Gasteiger partial charge on any atom is -0.489 e. The Labute approximate surface area is 193 Å². The number of aryl methyl sites for hydroxylation is 1. The highest BCUT2D eigenvalue weighted by Crippen LogP contribution is 2.36. The lowest BCUT2D eigenvalue weighted by Crippen LogP contribution is -2.02. The quantitative estimate of drug-likeness (QED) is 0.279. The van der Waals surface area contributed by atoms with Gasteiger partial charge in [0.1, 0.15) is 18.1 Å². The Morgan fingerprint density at radius 2 is 1.81 bits per heavy atom. The predicted octanol–water partition coefficient (Wildman–Crippen LogP) is 7.54. The minimum absolute atomic E-state index is 0.0626. The summed E-state index contributed by atoms with van der Waals surface area (Å²) in [5, 5.41) is 3.51. The van der Waals surface area contributed by atoms with Crippen LogP contribution in [0.5, 0.6) is 5.75 Å². The number of thiophene rings is 1. The Morgan fingerprint density at radius 3 is 2.53 bits per heavy atom. The van der Waals surface area contributed by atoms with Crippen molar-refractivity contribution in [2.24, 2.45) is 0 Å². The molecule has 3 aromatic carbocycles. The van der Waals surface area contributed by atoms with E-state index in [1.807, 2.05) is 24.3 Å². The highest BCUT2D eigenvalue weighted by atomic mass is 32.1. The van der Waals surface area contributed by atoms with Crippen molar-refractivity contribution in [3.05, 3.63) is 88.8 Å². The summed E-state index contributed by atoms with van der Waals surface area (Å²) in [4.78, 5) is 11.5. The molecular formula is C29H26O2S. The zero-order chi connectivity index (χ0) is 22.5. The number of Topliss-reactive ketones (excluding diaryl/α,β-unsaturated/α-hetero) is 1. The molecule has 0 spiro atoms. The molecule has 4 aromatic rings. The zero-order valence-corrected chi connectivity index (χ0v) is 19.5. The molecule has 0 aliphatic heterocycles. The fourth-order valence-corrected chi connectivity index (χ4v) is 4.87. The monoisotopic (exact) mass is 438 g/mol. The van der Waals surface area contributed by atoms with E-state index in [9.17, 15) is 4.79 Å². The van der Waals surface area contributed by atoms with Crippen molar-refractivity contribution in [2.75, 3.05) is 0 Å². The molecule has 0 aliphatic rings. The fraction of sp³-hybridized carbons (Fsp3) is 0.207. The second kappa shape index (κ2) is 9.85. The Kier molecular flexibility index (Phi) is 6.73. The Bertz CT molecular complexity index is 1300. The normalized spacial score (nSPS) is 11.6. The molecule has 0 unspecified atom stereocenters. The lowest BCUT2D eigenvalue weighted by atomic mass is 9.94. The molecule has 1 atom stereocenters. The molecule has 0 radical (unpaired) electrons. The summed E-state index contributed by atoms with van der Waals surface area (Å²) in [6.07, 6.45) is 0.435. The molecule has 160 valence electrons. The third kappa shape index (κ3) is 4.93. The zero-order valence-electron chi connectivity index (χ0n) is 18.6. The van der Waals surface area contributed by atoms with Crippen molar-refractivity contribution < 1.29 is 9.53 Å². The van der Waals surface area contributed by atoms with E-state index in [1.165, 1.54) is 26.8 Å². The smallest absolute Gasteiger partial charge is 0.131 e. The third-order valence-corrected chi connectivity index (χ3v) is 6.53. The van der Waals surface area contributed by atoms with Gasteiger partial charge in [0, 0.05) is 22.1 Å². The van der Waals surface area contributed by atoms with Crippen LogP contribution in [0.2, 0.25) is 0 Å². The predicted molar refractivity (Wildman–Crippen MR) is 134 cm³/mol. The summed E-state index contributed by atoms with van der Waals surface area (Å²) in [5.74, 6) is 6.96. The third-order valence-electron chi connectivity index (χ3n) is 5.57. The Balaban J connectivity index is 1.51. The van der Waals surface area contributed by atoms with Crippen LogP contribution in [0.3, 0.4) is 0 Å². The molecule has 1 heterocycles. The van der Waals surface area contributed by atoms with Crippen LogP contribution in [0, 0.1) is 18.8 Å². The summed E-state index contributed by atoms with van der Waals surface area (Å²) >= 11 is 1.78. The first-order chi connectivity index (χ1) is 15.5. The van der Waals surface area contributed by atoms with E-state index in [-0.39, 0.29) is 11.7 Å². The molecule has 0 fully saturated rings. The molecule has 1 aromatic heterocycles. The largest absolute Gasteiger partial charge is 0.489 e. The maximum absolute atomic E-state index is 11.5. The van der Waals surface area contributed by atoms with E-state index >= 15 is 0 Å². The summed E-state index contributed by atoms with van der Waals surface area (Å²) in [6.45, 7) is 6.07. The van der Waals surface area contributed by atoms with Gasteiger partial charge >= 0.3 is 0 Å². The van der Waals surface area contributed by atoms with Crippen LogP contribution in [0.25, 0.3) is 21.2 Å². The van der Waals surface area contributed by atoms with Gasteiger partial charge in [-0.2, -0.15) is 0 Å². The van der Waals surface area contributed by atoms with Gasteiger partial charge in [-0.25, -0.2) is 0 Å². The lowest BCUT2D eigenvalue weighted by Gasteiger charge is -2.11. The van der Waals surface area contributed by atoms with Crippen LogP contribution in [0.15, 0.2) is 72.1 Å². The second-order valence-corrected chi connectivity index (χ2v) is 8.92. The first-order valence-corrected chi connectivity index (χ1v) is 11.6. The van der Waals surface area contributed by atoms with Gasteiger partial charge in [-0.3, -0.25) is 4.79 Å². The van der Waals surface area contributed by atoms with Gasteiger partial charge in [-0.15, -0.1) is 17.3 Å². The summed E-state index contributed by atoms with van der Waals surface area (Å²) in [7, 11) is 0. The van der Waals surface area contributed by atoms with Crippen molar-refractivity contribution in [3.63, 3.8) is 0 Å². The number of hydrogen-bond acceptors (Lipinski definition) is 3. The maximum Gasteiger partial charge on any atom is 0.131 e. The van der Waals surface area contributed by atoms with Gasteiger partial charge in [0.2, 0.25) is 0 Å². The highest BCUT2D eigenvalue weighted by Gasteiger charge is 2.12. The lowest BCUT2D eigenvalue weighted by molar-refractivity contribution is -0.117. The number of fused-ring (bicyclic) bond motifs is 1. The molecule has 2 nitrogen and oxygen atoms in total. The average Bonchev–Trinajstić information content (AvgIpc) is 3.21. The van der Waals surface area contributed by atoms with Gasteiger partial charge < -0.3 is 4.74 Å². The molecule has 0 saturated heterocycles. The van der Waals surface area contributed by atoms with E-state index < -0.39 is 0 Å². The number of rotatable bonds is 7. The van der Waals surface area contributed by atoms with Crippen LogP contribution in [-0.2, 0) is 11.4 Å². The SMILES string of the molecule is CC#C[C@@H](CC(C)=O)c1ccc(OCc2ccc3scc(-c4ccccc4C)c3c2)cc1. The van der Waals surface area contributed by atoms with Gasteiger partial charge in [-0.05, 0) is 72.7 Å². The molecule has 0 bridgehead atoms. The Morgan fingerprint density at radius 1 is 1.03 bits per heavy atom. The summed E-state index contributed by atoms with van der Waals surface area (Å²) in [6, 6.07) is 23.0. The van der Waals surface area contributed by atoms with Crippen molar-refractivity contribution >= 4 is 27.2 Å². The van der Waals surface area contributed by atoms with Crippen LogP contribution in [0.1, 0.15) is 42.9 Å². The van der Waals surface area contributed by atoms with Gasteiger partial charge in [0.15, 0.2) is 0 Å². The molecular weight excluding hydrogens is 412 g/mol. The van der Waals surface area contributed by atoms with Crippen molar-refractivity contribution in [1.29, 1.82) is 0 Å². The number of hydrogen-bond donors (Lipinski definition) is 0. The number of benzene rings is 3. The number of carbonyl (C=O) groups excluding carboxylic acids is 1. The van der Waals surface area contributed by atoms with Crippen LogP contribution >= 0.6 is 11.3 Å². The molecule has 0 amide bonds. The first kappa shape index (κ1) is 21.9. The van der Waals surface area contributed by atoms with E-state index in [4.69, 9.17) is 4.74 Å². The average molecular weight is 439 g/mol. The molecule has 3 heteroatoms. The molecule has 0 N–H and O–H groups in total. The van der Waals surface area contributed by atoms with Crippen molar-refractivity contribution in [2.45, 2.75) is 39.7 Å². The van der Waals surface area contributed by atoms with E-state index in [0.717, 1.165) is 16.9 Å². The maximum atomic E-state index is 11.5. The summed E-state index contributed by atoms with van der Waals surface area (Å²) in [5.41, 5.74) is 6.03. The standard InChI is InChI=1S/C29H26O2S/c1-4-7-24(16-21(3)30)23-11-13-25(14-12-23)31-18-22-10-15-29-27(17-22)28(19-32-29)26-9-6-5-8-20(26)2/h5-6,8-15,17,19,24H,16,18H2,1-3H3/t24-/m0/s1. The van der Waals surface area contributed by atoms with E-state index in [2.05, 4.69) is 66.6 Å². The molecule has 0 saturated carbocycles. The van der Waals surface area contributed by atoms with Crippen LogP contribution in [0.4, 0.5) is 0 Å². The van der Waals surface area contributed by atoms with Gasteiger partial charge in [0.05, 0.1) is 5.92 Å². The summed E-state index contributed by atoms with van der Waals surface area (Å²) < 4.78 is 7.35. The topological polar surface area (TPSA) is 26.3 Å². The van der Waals surface area contributed by atoms with Crippen LogP contribution in [-0.4, -0.2) is 5.78 Å². The fourth-order valence-electron chi connectivity index (χ4n) is 3.93. The van der Waals surface area contributed by atoms with E-state index in [0.29, 0.717) is 13.0 Å². The van der Waals surface area contributed by atoms with Gasteiger partial charge in [-0.1, -0.05) is 48.4 Å². The minimum atomic E-state index is -0.0626. The van der Waals surface area contributed by atoms with Gasteiger partial charge in [0.25, 0.3) is 0 Å². The van der Waals surface area contributed by atoms with Crippen molar-refractivity contribution in [1.82, 2.24) is 0 Å². The Hall–Kier alpha value is -3.35.